The quantitative estimate of drug-likeness (QED) is 0.597. The summed E-state index contributed by atoms with van der Waals surface area (Å²) in [5, 5.41) is 0. The van der Waals surface area contributed by atoms with Gasteiger partial charge in [0, 0.05) is 6.20 Å². The maximum Gasteiger partial charge on any atom is 0.493 e. The highest BCUT2D eigenvalue weighted by Gasteiger charge is 2.41. The van der Waals surface area contributed by atoms with Crippen LogP contribution in [0.2, 0.25) is 0 Å². The van der Waals surface area contributed by atoms with Gasteiger partial charge in [0.1, 0.15) is 0 Å². The average Bonchev–Trinajstić information content (AvgIpc) is 1.80. The van der Waals surface area contributed by atoms with E-state index in [9.17, 15) is 18.0 Å². The topological polar surface area (TPSA) is 38.3 Å². The molecule has 0 heterocycles. The van der Waals surface area contributed by atoms with Gasteiger partial charge in [-0.25, -0.2) is 10.3 Å². The standard InChI is InChI=1S/C4H4F3NO2/c1-2-8-10-3(9)4(5,6)7/h2,8H,1H2. The maximum atomic E-state index is 11.2. The Kier molecular flexibility index (Phi) is 2.72. The minimum absolute atomic E-state index is 0.809. The van der Waals surface area contributed by atoms with Crippen LogP contribution >= 0.6 is 0 Å². The Labute approximate surface area is 54.4 Å². The van der Waals surface area contributed by atoms with Crippen LogP contribution in [0.3, 0.4) is 0 Å². The van der Waals surface area contributed by atoms with Gasteiger partial charge in [0.15, 0.2) is 0 Å². The maximum absolute atomic E-state index is 11.2. The highest BCUT2D eigenvalue weighted by atomic mass is 19.4. The van der Waals surface area contributed by atoms with Gasteiger partial charge in [-0.15, -0.1) is 0 Å². The smallest absolute Gasteiger partial charge is 0.336 e. The summed E-state index contributed by atoms with van der Waals surface area (Å²) in [5.74, 6) is -2.30. The summed E-state index contributed by atoms with van der Waals surface area (Å²) < 4.78 is 33.7. The Morgan fingerprint density at radius 1 is 1.60 bits per heavy atom. The van der Waals surface area contributed by atoms with Gasteiger partial charge >= 0.3 is 12.1 Å². The molecule has 0 aromatic heterocycles. The molecule has 0 spiro atoms. The molecule has 0 unspecified atom stereocenters. The molecule has 0 aliphatic rings. The molecule has 3 nitrogen and oxygen atoms in total. The zero-order chi connectivity index (χ0) is 8.20. The number of carbonyl (C=O) groups is 1. The summed E-state index contributed by atoms with van der Waals surface area (Å²) >= 11 is 0. The molecule has 6 heteroatoms. The van der Waals surface area contributed by atoms with Gasteiger partial charge in [0.25, 0.3) is 0 Å². The largest absolute Gasteiger partial charge is 0.493 e. The van der Waals surface area contributed by atoms with Crippen molar-refractivity contribution in [2.24, 2.45) is 0 Å². The van der Waals surface area contributed by atoms with Crippen LogP contribution in [0.5, 0.6) is 0 Å². The van der Waals surface area contributed by atoms with Crippen LogP contribution in [0.1, 0.15) is 0 Å². The fourth-order valence-electron chi connectivity index (χ4n) is 0.153. The number of halogens is 3. The van der Waals surface area contributed by atoms with Crippen molar-refractivity contribution in [1.29, 1.82) is 0 Å². The van der Waals surface area contributed by atoms with Crippen molar-refractivity contribution in [2.45, 2.75) is 6.18 Å². The van der Waals surface area contributed by atoms with E-state index in [1.807, 2.05) is 0 Å². The summed E-state index contributed by atoms with van der Waals surface area (Å²) in [6.45, 7) is 2.96. The second-order valence-corrected chi connectivity index (χ2v) is 1.21. The highest BCUT2D eigenvalue weighted by Crippen LogP contribution is 2.15. The molecule has 0 saturated carbocycles. The van der Waals surface area contributed by atoms with Gasteiger partial charge in [-0.2, -0.15) is 13.2 Å². The molecule has 0 rings (SSSR count). The molecule has 0 aliphatic heterocycles. The Morgan fingerprint density at radius 2 is 2.10 bits per heavy atom. The van der Waals surface area contributed by atoms with Crippen LogP contribution in [0, 0.1) is 0 Å². The summed E-state index contributed by atoms with van der Waals surface area (Å²) in [4.78, 5) is 13.2. The minimum Gasteiger partial charge on any atom is -0.336 e. The lowest BCUT2D eigenvalue weighted by molar-refractivity contribution is -0.204. The Morgan fingerprint density at radius 3 is 2.40 bits per heavy atom. The Bertz CT molecular complexity index is 142. The van der Waals surface area contributed by atoms with Crippen molar-refractivity contribution in [3.8, 4) is 0 Å². The van der Waals surface area contributed by atoms with E-state index in [0.29, 0.717) is 0 Å². The molecule has 58 valence electrons. The SMILES string of the molecule is C=CNOC(=O)C(F)(F)F. The molecule has 0 aromatic carbocycles. The van der Waals surface area contributed by atoms with E-state index in [-0.39, 0.29) is 0 Å². The molecule has 1 N–H and O–H groups in total. The molecule has 0 saturated heterocycles. The first-order chi connectivity index (χ1) is 4.48. The fourth-order valence-corrected chi connectivity index (χ4v) is 0.153. The molecule has 0 aliphatic carbocycles. The first-order valence-corrected chi connectivity index (χ1v) is 2.13. The monoisotopic (exact) mass is 155 g/mol. The summed E-state index contributed by atoms with van der Waals surface area (Å²) in [6.07, 6.45) is -4.15. The minimum atomic E-state index is -4.96. The van der Waals surface area contributed by atoms with E-state index in [2.05, 4.69) is 11.4 Å². The Balaban J connectivity index is 3.74. The van der Waals surface area contributed by atoms with Crippen LogP contribution in [-0.2, 0) is 9.63 Å². The number of hydrogen-bond donors (Lipinski definition) is 1. The van der Waals surface area contributed by atoms with Crippen LogP contribution in [0.4, 0.5) is 13.2 Å². The van der Waals surface area contributed by atoms with E-state index < -0.39 is 12.1 Å². The van der Waals surface area contributed by atoms with Gasteiger partial charge < -0.3 is 4.84 Å². The van der Waals surface area contributed by atoms with Gasteiger partial charge in [-0.05, 0) is 0 Å². The first kappa shape index (κ1) is 8.80. The van der Waals surface area contributed by atoms with Gasteiger partial charge in [0.05, 0.1) is 0 Å². The normalized spacial score (nSPS) is 10.3. The predicted octanol–water partition coefficient (Wildman–Crippen LogP) is 0.740. The highest BCUT2D eigenvalue weighted by molar-refractivity contribution is 5.75. The number of nitrogens with one attached hydrogen (secondary N) is 1. The number of rotatable bonds is 2. The number of hydroxylamine groups is 1. The Hall–Kier alpha value is -1.20. The molecule has 0 atom stereocenters. The first-order valence-electron chi connectivity index (χ1n) is 2.13. The second kappa shape index (κ2) is 3.09. The number of hydrogen-bond acceptors (Lipinski definition) is 3. The molecule has 0 aromatic rings. The van der Waals surface area contributed by atoms with E-state index in [1.54, 1.807) is 5.48 Å². The van der Waals surface area contributed by atoms with Crippen LogP contribution in [0.15, 0.2) is 12.8 Å². The van der Waals surface area contributed by atoms with Gasteiger partial charge in [-0.1, -0.05) is 6.58 Å². The zero-order valence-electron chi connectivity index (χ0n) is 4.73. The van der Waals surface area contributed by atoms with E-state index in [4.69, 9.17) is 0 Å². The van der Waals surface area contributed by atoms with Crippen molar-refractivity contribution >= 4 is 5.97 Å². The fraction of sp³-hybridized carbons (Fsp3) is 0.250. The van der Waals surface area contributed by atoms with Crippen LogP contribution in [-0.4, -0.2) is 12.1 Å². The lowest BCUT2D eigenvalue weighted by Crippen LogP contribution is -2.29. The van der Waals surface area contributed by atoms with Gasteiger partial charge in [0.2, 0.25) is 0 Å². The van der Waals surface area contributed by atoms with Crippen LogP contribution < -0.4 is 5.48 Å². The average molecular weight is 155 g/mol. The van der Waals surface area contributed by atoms with Crippen molar-refractivity contribution in [3.63, 3.8) is 0 Å². The molecular formula is C4H4F3NO2. The van der Waals surface area contributed by atoms with Crippen LogP contribution in [0.25, 0.3) is 0 Å². The third kappa shape index (κ3) is 2.95. The number of carbonyl (C=O) groups excluding carboxylic acids is 1. The molecule has 0 amide bonds. The van der Waals surface area contributed by atoms with E-state index in [0.717, 1.165) is 6.20 Å². The molecule has 0 fully saturated rings. The van der Waals surface area contributed by atoms with Gasteiger partial charge in [-0.3, -0.25) is 0 Å². The van der Waals surface area contributed by atoms with Crippen molar-refractivity contribution in [2.75, 3.05) is 0 Å². The van der Waals surface area contributed by atoms with Crippen molar-refractivity contribution in [3.05, 3.63) is 12.8 Å². The summed E-state index contributed by atoms with van der Waals surface area (Å²) in [6, 6.07) is 0. The predicted molar refractivity (Wildman–Crippen MR) is 25.5 cm³/mol. The lowest BCUT2D eigenvalue weighted by atomic mass is 10.7. The van der Waals surface area contributed by atoms with E-state index in [1.165, 1.54) is 0 Å². The second-order valence-electron chi connectivity index (χ2n) is 1.21. The molecular weight excluding hydrogens is 151 g/mol. The number of alkyl halides is 3. The third-order valence-electron chi connectivity index (χ3n) is 0.466. The summed E-state index contributed by atoms with van der Waals surface area (Å²) in [5.41, 5.74) is 1.55. The molecule has 0 radical (unpaired) electrons. The van der Waals surface area contributed by atoms with Crippen molar-refractivity contribution in [1.82, 2.24) is 5.48 Å². The molecule has 10 heavy (non-hydrogen) atoms. The van der Waals surface area contributed by atoms with E-state index >= 15 is 0 Å². The lowest BCUT2D eigenvalue weighted by Gasteiger charge is -2.03. The molecule has 0 bridgehead atoms. The van der Waals surface area contributed by atoms with Crippen molar-refractivity contribution < 1.29 is 22.8 Å². The zero-order valence-corrected chi connectivity index (χ0v) is 4.73. The third-order valence-corrected chi connectivity index (χ3v) is 0.466. The summed E-state index contributed by atoms with van der Waals surface area (Å²) in [7, 11) is 0.